The quantitative estimate of drug-likeness (QED) is 0.345. The number of amides is 2. The Morgan fingerprint density at radius 1 is 1.11 bits per heavy atom. The first-order chi connectivity index (χ1) is 22.0. The largest absolute Gasteiger partial charge is 0.442 e. The van der Waals surface area contributed by atoms with Gasteiger partial charge in [0.25, 0.3) is 12.3 Å². The number of hydrogen-bond acceptors (Lipinski definition) is 7. The van der Waals surface area contributed by atoms with Gasteiger partial charge in [-0.05, 0) is 83.5 Å². The molecule has 9 nitrogen and oxygen atoms in total. The average Bonchev–Trinajstić information content (AvgIpc) is 3.02. The van der Waals surface area contributed by atoms with Crippen molar-refractivity contribution in [2.45, 2.75) is 103 Å². The highest BCUT2D eigenvalue weighted by Crippen LogP contribution is 2.43. The minimum atomic E-state index is -2.30. The van der Waals surface area contributed by atoms with Gasteiger partial charge in [-0.2, -0.15) is 5.26 Å². The maximum Gasteiger partial charge on any atom is 0.410 e. The third kappa shape index (κ3) is 7.49. The lowest BCUT2D eigenvalue weighted by Crippen LogP contribution is -2.64. The molecule has 0 aromatic carbocycles. The Balaban J connectivity index is 1.17. The Hall–Kier alpha value is -2.84. The van der Waals surface area contributed by atoms with E-state index in [1.165, 1.54) is 0 Å². The first-order valence-electron chi connectivity index (χ1n) is 17.4. The van der Waals surface area contributed by atoms with Crippen LogP contribution in [-0.2, 0) is 4.74 Å². The van der Waals surface area contributed by atoms with Crippen molar-refractivity contribution in [3.8, 4) is 6.07 Å². The molecule has 0 saturated carbocycles. The molecule has 46 heavy (non-hydrogen) atoms. The van der Waals surface area contributed by atoms with Gasteiger partial charge in [-0.15, -0.1) is 0 Å². The van der Waals surface area contributed by atoms with E-state index in [9.17, 15) is 23.6 Å². The third-order valence-electron chi connectivity index (χ3n) is 11.4. The number of pyridine rings is 1. The molecular formula is C35H52F2N6O3. The molecule has 2 amide bonds. The number of aromatic nitrogens is 1. The number of rotatable bonds is 9. The molecule has 0 aliphatic carbocycles. The Morgan fingerprint density at radius 3 is 2.37 bits per heavy atom. The average molecular weight is 643 g/mol. The molecule has 0 unspecified atom stereocenters. The van der Waals surface area contributed by atoms with E-state index in [0.29, 0.717) is 62.1 Å². The van der Waals surface area contributed by atoms with E-state index in [-0.39, 0.29) is 30.0 Å². The molecule has 4 aliphatic heterocycles. The van der Waals surface area contributed by atoms with Gasteiger partial charge in [-0.1, -0.05) is 19.8 Å². The van der Waals surface area contributed by atoms with Crippen LogP contribution in [0.3, 0.4) is 0 Å². The van der Waals surface area contributed by atoms with Crippen molar-refractivity contribution in [1.29, 1.82) is 5.26 Å². The normalized spacial score (nSPS) is 24.3. The summed E-state index contributed by atoms with van der Waals surface area (Å²) in [6.07, 6.45) is 5.77. The van der Waals surface area contributed by atoms with Gasteiger partial charge in [-0.25, -0.2) is 18.6 Å². The minimum Gasteiger partial charge on any atom is -0.442 e. The predicted molar refractivity (Wildman–Crippen MR) is 172 cm³/mol. The Labute approximate surface area is 273 Å². The molecule has 5 heterocycles. The highest BCUT2D eigenvalue weighted by Gasteiger charge is 2.51. The van der Waals surface area contributed by atoms with Crippen LogP contribution >= 0.6 is 0 Å². The summed E-state index contributed by atoms with van der Waals surface area (Å²) in [6.45, 7) is 13.8. The van der Waals surface area contributed by atoms with E-state index in [1.54, 1.807) is 13.0 Å². The molecule has 0 bridgehead atoms. The van der Waals surface area contributed by atoms with Crippen LogP contribution in [0, 0.1) is 37.0 Å². The molecule has 1 aromatic heterocycles. The molecule has 4 fully saturated rings. The molecular weight excluding hydrogens is 590 g/mol. The van der Waals surface area contributed by atoms with Crippen molar-refractivity contribution in [3.63, 3.8) is 0 Å². The second-order valence-electron chi connectivity index (χ2n) is 14.5. The number of nitriles is 1. The van der Waals surface area contributed by atoms with Gasteiger partial charge >= 0.3 is 6.09 Å². The number of hydrogen-bond donors (Lipinski definition) is 0. The van der Waals surface area contributed by atoms with Crippen molar-refractivity contribution < 1.29 is 23.1 Å². The fourth-order valence-corrected chi connectivity index (χ4v) is 8.45. The Morgan fingerprint density at radius 2 is 1.78 bits per heavy atom. The van der Waals surface area contributed by atoms with Crippen molar-refractivity contribution in [3.05, 3.63) is 28.6 Å². The summed E-state index contributed by atoms with van der Waals surface area (Å²) in [4.78, 5) is 39.5. The molecule has 0 N–H and O–H groups in total. The molecule has 0 radical (unpaired) electrons. The zero-order valence-corrected chi connectivity index (χ0v) is 28.2. The second kappa shape index (κ2) is 14.5. The van der Waals surface area contributed by atoms with Crippen LogP contribution in [0.4, 0.5) is 13.6 Å². The summed E-state index contributed by atoms with van der Waals surface area (Å²) in [5.74, 6) is 0.594. The fraction of sp³-hybridized carbons (Fsp3) is 0.771. The van der Waals surface area contributed by atoms with Crippen molar-refractivity contribution in [2.24, 2.45) is 11.8 Å². The smallest absolute Gasteiger partial charge is 0.410 e. The van der Waals surface area contributed by atoms with Gasteiger partial charge in [-0.3, -0.25) is 14.6 Å². The Bertz CT molecular complexity index is 1250. The van der Waals surface area contributed by atoms with Crippen LogP contribution in [0.15, 0.2) is 6.07 Å². The van der Waals surface area contributed by atoms with Crippen molar-refractivity contribution in [2.75, 3.05) is 58.9 Å². The number of aryl methyl sites for hydroxylation is 2. The fourth-order valence-electron chi connectivity index (χ4n) is 8.45. The lowest BCUT2D eigenvalue weighted by molar-refractivity contribution is -0.134. The predicted octanol–water partition coefficient (Wildman–Crippen LogP) is 5.64. The highest BCUT2D eigenvalue weighted by atomic mass is 19.3. The first-order valence-corrected chi connectivity index (χ1v) is 17.4. The molecule has 1 atom stereocenters. The summed E-state index contributed by atoms with van der Waals surface area (Å²) < 4.78 is 32.1. The van der Waals surface area contributed by atoms with Crippen molar-refractivity contribution in [1.82, 2.24) is 24.6 Å². The van der Waals surface area contributed by atoms with Crippen LogP contribution in [0.1, 0.15) is 98.9 Å². The summed E-state index contributed by atoms with van der Waals surface area (Å²) in [6, 6.07) is 3.76. The zero-order valence-electron chi connectivity index (χ0n) is 28.2. The van der Waals surface area contributed by atoms with Crippen molar-refractivity contribution >= 4 is 12.0 Å². The number of carbonyl (C=O) groups excluding carboxylic acids is 2. The summed E-state index contributed by atoms with van der Waals surface area (Å²) in [7, 11) is 0. The van der Waals surface area contributed by atoms with E-state index in [0.717, 1.165) is 76.4 Å². The number of piperidine rings is 3. The number of halogens is 2. The maximum absolute atomic E-state index is 13.5. The van der Waals surface area contributed by atoms with Gasteiger partial charge in [0.2, 0.25) is 0 Å². The van der Waals surface area contributed by atoms with Gasteiger partial charge in [0.15, 0.2) is 0 Å². The third-order valence-corrected chi connectivity index (χ3v) is 11.4. The number of alkyl halides is 2. The monoisotopic (exact) mass is 642 g/mol. The number of carbonyl (C=O) groups is 2. The Kier molecular flexibility index (Phi) is 10.9. The molecule has 1 spiro atoms. The van der Waals surface area contributed by atoms with E-state index < -0.39 is 12.0 Å². The number of likely N-dealkylation sites (tertiary alicyclic amines) is 3. The first kappa shape index (κ1) is 34.5. The molecule has 11 heteroatoms. The van der Waals surface area contributed by atoms with Crippen LogP contribution in [0.2, 0.25) is 0 Å². The maximum atomic E-state index is 13.5. The highest BCUT2D eigenvalue weighted by molar-refractivity contribution is 5.96. The lowest BCUT2D eigenvalue weighted by atomic mass is 9.74. The van der Waals surface area contributed by atoms with Gasteiger partial charge in [0, 0.05) is 63.6 Å². The minimum absolute atomic E-state index is 0.0113. The molecule has 5 rings (SSSR count). The number of unbranched alkanes of at least 4 members (excludes halogenated alkanes) is 1. The van der Waals surface area contributed by atoms with Gasteiger partial charge in [0.05, 0.1) is 17.8 Å². The molecule has 4 saturated heterocycles. The summed E-state index contributed by atoms with van der Waals surface area (Å²) in [5, 5.41) is 9.23. The molecule has 4 aliphatic rings. The van der Waals surface area contributed by atoms with Crippen LogP contribution < -0.4 is 0 Å². The molecule has 1 aromatic rings. The standard InChI is InChI=1S/C35H52F2N6O3/c1-5-6-7-28-23-42(22-27-8-14-40(15-9-27)24-30(36)37)33(45)46-35(28)12-18-43(19-13-35)34(4)10-16-41(17-11-34)32(44)31-25(2)20-29(21-38)39-26(31)3/h20,27-28,30H,5-19,22-24H2,1-4H3/t28-/m0/s1. The summed E-state index contributed by atoms with van der Waals surface area (Å²) >= 11 is 0. The van der Waals surface area contributed by atoms with E-state index in [4.69, 9.17) is 4.74 Å². The van der Waals surface area contributed by atoms with E-state index in [1.807, 2.05) is 21.6 Å². The van der Waals surface area contributed by atoms with Gasteiger partial charge < -0.3 is 14.5 Å². The van der Waals surface area contributed by atoms with E-state index >= 15 is 0 Å². The van der Waals surface area contributed by atoms with Crippen LogP contribution in [0.5, 0.6) is 0 Å². The second-order valence-corrected chi connectivity index (χ2v) is 14.5. The lowest BCUT2D eigenvalue weighted by Gasteiger charge is -2.55. The van der Waals surface area contributed by atoms with Crippen LogP contribution in [0.25, 0.3) is 0 Å². The topological polar surface area (TPSA) is 93.0 Å². The van der Waals surface area contributed by atoms with Gasteiger partial charge in [0.1, 0.15) is 17.4 Å². The number of nitrogens with zero attached hydrogens (tertiary/aromatic N) is 6. The number of ether oxygens (including phenoxy) is 1. The molecule has 254 valence electrons. The zero-order chi connectivity index (χ0) is 33.1. The van der Waals surface area contributed by atoms with Crippen LogP contribution in [-0.4, -0.2) is 113 Å². The summed E-state index contributed by atoms with van der Waals surface area (Å²) in [5.41, 5.74) is 1.85. The SMILES string of the molecule is CCCC[C@H]1CN(CC2CCN(CC(F)F)CC2)C(=O)OC12CCN(C1(C)CCN(C(=O)c3c(C)cc(C#N)nc3C)CC1)CC2. The van der Waals surface area contributed by atoms with E-state index in [2.05, 4.69) is 29.8 Å².